The maximum absolute atomic E-state index is 5.36. The summed E-state index contributed by atoms with van der Waals surface area (Å²) in [6.45, 7) is 1.18. The van der Waals surface area contributed by atoms with Crippen LogP contribution in [0.2, 0.25) is 0 Å². The lowest BCUT2D eigenvalue weighted by Gasteiger charge is -2.17. The maximum atomic E-state index is 5.36. The lowest BCUT2D eigenvalue weighted by atomic mass is 10.1. The van der Waals surface area contributed by atoms with Crippen LogP contribution in [0.4, 0.5) is 0 Å². The highest BCUT2D eigenvalue weighted by molar-refractivity contribution is 5.50. The molecule has 0 radical (unpaired) electrons. The molecule has 6 heteroatoms. The molecular weight excluding hydrogens is 262 g/mol. The Morgan fingerprint density at radius 1 is 0.850 bits per heavy atom. The molecule has 0 atom stereocenters. The van der Waals surface area contributed by atoms with Gasteiger partial charge in [-0.3, -0.25) is 0 Å². The maximum Gasteiger partial charge on any atom is 0.169 e. The largest absolute Gasteiger partial charge is 0.496 e. The van der Waals surface area contributed by atoms with Gasteiger partial charge in [0.25, 0.3) is 0 Å². The topological polar surface area (TPSA) is 58.2 Å². The Morgan fingerprint density at radius 2 is 1.40 bits per heavy atom. The molecule has 0 aliphatic carbocycles. The Kier molecular flexibility index (Phi) is 7.14. The van der Waals surface area contributed by atoms with Crippen LogP contribution >= 0.6 is 0 Å². The number of rotatable bonds is 9. The van der Waals surface area contributed by atoms with Crippen LogP contribution in [0.25, 0.3) is 0 Å². The molecular formula is C14H23NO5. The van der Waals surface area contributed by atoms with E-state index in [4.69, 9.17) is 23.7 Å². The van der Waals surface area contributed by atoms with Gasteiger partial charge in [0.2, 0.25) is 0 Å². The fourth-order valence-corrected chi connectivity index (χ4v) is 1.82. The van der Waals surface area contributed by atoms with E-state index in [1.807, 2.05) is 6.07 Å². The van der Waals surface area contributed by atoms with Gasteiger partial charge in [-0.05, 0) is 6.07 Å². The van der Waals surface area contributed by atoms with Crippen molar-refractivity contribution in [3.8, 4) is 17.2 Å². The van der Waals surface area contributed by atoms with Crippen molar-refractivity contribution in [2.75, 3.05) is 42.1 Å². The fraction of sp³-hybridized carbons (Fsp3) is 0.571. The van der Waals surface area contributed by atoms with E-state index in [-0.39, 0.29) is 6.29 Å². The van der Waals surface area contributed by atoms with Crippen LogP contribution < -0.4 is 19.5 Å². The quantitative estimate of drug-likeness (QED) is 0.693. The lowest BCUT2D eigenvalue weighted by molar-refractivity contribution is -0.0989. The van der Waals surface area contributed by atoms with Gasteiger partial charge in [0, 0.05) is 38.9 Å². The van der Waals surface area contributed by atoms with Gasteiger partial charge in [0.1, 0.15) is 5.75 Å². The van der Waals surface area contributed by atoms with Crippen LogP contribution in [0.3, 0.4) is 0 Å². The zero-order valence-corrected chi connectivity index (χ0v) is 12.7. The van der Waals surface area contributed by atoms with Gasteiger partial charge >= 0.3 is 0 Å². The van der Waals surface area contributed by atoms with Crippen molar-refractivity contribution < 1.29 is 23.7 Å². The summed E-state index contributed by atoms with van der Waals surface area (Å²) in [6, 6.07) is 3.69. The third-order valence-electron chi connectivity index (χ3n) is 2.94. The normalized spacial score (nSPS) is 10.7. The van der Waals surface area contributed by atoms with Gasteiger partial charge in [-0.2, -0.15) is 0 Å². The van der Waals surface area contributed by atoms with E-state index in [0.29, 0.717) is 24.6 Å². The summed E-state index contributed by atoms with van der Waals surface area (Å²) in [4.78, 5) is 0. The highest BCUT2D eigenvalue weighted by Gasteiger charge is 2.12. The zero-order valence-electron chi connectivity index (χ0n) is 12.7. The van der Waals surface area contributed by atoms with Crippen LogP contribution in [0.1, 0.15) is 5.56 Å². The van der Waals surface area contributed by atoms with Crippen molar-refractivity contribution in [2.24, 2.45) is 0 Å². The molecule has 0 bridgehead atoms. The summed E-state index contributed by atoms with van der Waals surface area (Å²) >= 11 is 0. The molecule has 0 aromatic heterocycles. The summed E-state index contributed by atoms with van der Waals surface area (Å²) in [7, 11) is 8.03. The average Bonchev–Trinajstić information content (AvgIpc) is 2.50. The van der Waals surface area contributed by atoms with Gasteiger partial charge in [0.15, 0.2) is 17.8 Å². The predicted octanol–water partition coefficient (Wildman–Crippen LogP) is 1.42. The van der Waals surface area contributed by atoms with Gasteiger partial charge in [-0.15, -0.1) is 0 Å². The molecule has 1 rings (SSSR count). The van der Waals surface area contributed by atoms with Gasteiger partial charge in [-0.1, -0.05) is 0 Å². The Hall–Kier alpha value is -1.50. The standard InChI is InChI=1S/C14H23NO5/c1-16-11-7-13(18-3)12(17-2)6-10(11)8-15-9-14(19-4)20-5/h6-7,14-15H,8-9H2,1-5H3. The first-order chi connectivity index (χ1) is 9.69. The Morgan fingerprint density at radius 3 is 1.90 bits per heavy atom. The molecule has 0 spiro atoms. The van der Waals surface area contributed by atoms with Crippen molar-refractivity contribution in [3.63, 3.8) is 0 Å². The molecule has 0 aliphatic heterocycles. The second-order valence-electron chi connectivity index (χ2n) is 4.05. The Bertz CT molecular complexity index is 407. The van der Waals surface area contributed by atoms with Crippen LogP contribution in [0.5, 0.6) is 17.2 Å². The number of nitrogens with one attached hydrogen (secondary N) is 1. The number of methoxy groups -OCH3 is 5. The van der Waals surface area contributed by atoms with Crippen LogP contribution in [-0.2, 0) is 16.0 Å². The van der Waals surface area contributed by atoms with E-state index in [1.54, 1.807) is 41.6 Å². The van der Waals surface area contributed by atoms with E-state index in [0.717, 1.165) is 11.3 Å². The van der Waals surface area contributed by atoms with E-state index < -0.39 is 0 Å². The summed E-state index contributed by atoms with van der Waals surface area (Å²) in [5.74, 6) is 2.04. The molecule has 0 aliphatic rings. The van der Waals surface area contributed by atoms with E-state index in [1.165, 1.54) is 0 Å². The van der Waals surface area contributed by atoms with Crippen molar-refractivity contribution in [2.45, 2.75) is 12.8 Å². The zero-order chi connectivity index (χ0) is 15.0. The number of hydrogen-bond donors (Lipinski definition) is 1. The third-order valence-corrected chi connectivity index (χ3v) is 2.94. The molecule has 0 amide bonds. The van der Waals surface area contributed by atoms with E-state index >= 15 is 0 Å². The van der Waals surface area contributed by atoms with Crippen LogP contribution in [0, 0.1) is 0 Å². The average molecular weight is 285 g/mol. The minimum atomic E-state index is -0.277. The molecule has 0 saturated carbocycles. The lowest BCUT2D eigenvalue weighted by Crippen LogP contribution is -2.29. The first kappa shape index (κ1) is 16.6. The highest BCUT2D eigenvalue weighted by atomic mass is 16.7. The molecule has 1 aromatic carbocycles. The second kappa shape index (κ2) is 8.63. The van der Waals surface area contributed by atoms with Crippen molar-refractivity contribution in [3.05, 3.63) is 17.7 Å². The molecule has 20 heavy (non-hydrogen) atoms. The second-order valence-corrected chi connectivity index (χ2v) is 4.05. The van der Waals surface area contributed by atoms with Crippen molar-refractivity contribution >= 4 is 0 Å². The number of benzene rings is 1. The monoisotopic (exact) mass is 285 g/mol. The number of ether oxygens (including phenoxy) is 5. The highest BCUT2D eigenvalue weighted by Crippen LogP contribution is 2.34. The molecule has 0 heterocycles. The minimum Gasteiger partial charge on any atom is -0.496 e. The van der Waals surface area contributed by atoms with Crippen LogP contribution in [0.15, 0.2) is 12.1 Å². The molecule has 6 nitrogen and oxygen atoms in total. The Balaban J connectivity index is 2.77. The summed E-state index contributed by atoms with van der Waals surface area (Å²) in [6.07, 6.45) is -0.277. The van der Waals surface area contributed by atoms with E-state index in [2.05, 4.69) is 5.32 Å². The van der Waals surface area contributed by atoms with Gasteiger partial charge in [-0.25, -0.2) is 0 Å². The van der Waals surface area contributed by atoms with Crippen LogP contribution in [-0.4, -0.2) is 48.4 Å². The third kappa shape index (κ3) is 4.26. The van der Waals surface area contributed by atoms with Gasteiger partial charge in [0.05, 0.1) is 21.3 Å². The first-order valence-electron chi connectivity index (χ1n) is 6.25. The summed E-state index contributed by atoms with van der Waals surface area (Å²) in [5, 5.41) is 3.24. The molecule has 114 valence electrons. The molecule has 0 fully saturated rings. The predicted molar refractivity (Wildman–Crippen MR) is 75.6 cm³/mol. The number of hydrogen-bond acceptors (Lipinski definition) is 6. The SMILES string of the molecule is COc1cc(OC)c(OC)cc1CNCC(OC)OC. The molecule has 0 saturated heterocycles. The van der Waals surface area contributed by atoms with Crippen molar-refractivity contribution in [1.82, 2.24) is 5.32 Å². The van der Waals surface area contributed by atoms with E-state index in [9.17, 15) is 0 Å². The molecule has 0 unspecified atom stereocenters. The fourth-order valence-electron chi connectivity index (χ4n) is 1.82. The molecule has 1 aromatic rings. The minimum absolute atomic E-state index is 0.277. The summed E-state index contributed by atoms with van der Waals surface area (Å²) in [5.41, 5.74) is 0.969. The first-order valence-corrected chi connectivity index (χ1v) is 6.25. The Labute approximate surface area is 119 Å². The summed E-state index contributed by atoms with van der Waals surface area (Å²) < 4.78 is 26.1. The van der Waals surface area contributed by atoms with Crippen molar-refractivity contribution in [1.29, 1.82) is 0 Å². The smallest absolute Gasteiger partial charge is 0.169 e. The van der Waals surface area contributed by atoms with Gasteiger partial charge < -0.3 is 29.0 Å². The molecule has 1 N–H and O–H groups in total.